The van der Waals surface area contributed by atoms with Gasteiger partial charge in [0, 0.05) is 11.9 Å². The Morgan fingerprint density at radius 2 is 2.12 bits per heavy atom. The predicted molar refractivity (Wildman–Crippen MR) is 67.9 cm³/mol. The first-order valence-corrected chi connectivity index (χ1v) is 5.89. The van der Waals surface area contributed by atoms with Gasteiger partial charge in [-0.1, -0.05) is 11.6 Å². The SMILES string of the molecule is CN(Cc1ccc(Cl)s1)c1ccc(N)nn1. The Kier molecular flexibility index (Phi) is 3.26. The summed E-state index contributed by atoms with van der Waals surface area (Å²) < 4.78 is 0.798. The Bertz CT molecular complexity index is 468. The van der Waals surface area contributed by atoms with Gasteiger partial charge in [0.2, 0.25) is 0 Å². The lowest BCUT2D eigenvalue weighted by Crippen LogP contribution is -2.17. The first-order valence-electron chi connectivity index (χ1n) is 4.70. The van der Waals surface area contributed by atoms with E-state index in [1.807, 2.05) is 30.1 Å². The molecule has 6 heteroatoms. The molecule has 0 radical (unpaired) electrons. The summed E-state index contributed by atoms with van der Waals surface area (Å²) in [5.74, 6) is 1.22. The molecule has 0 saturated heterocycles. The Labute approximate surface area is 103 Å². The van der Waals surface area contributed by atoms with Gasteiger partial charge in [-0.25, -0.2) is 0 Å². The third kappa shape index (κ3) is 2.62. The molecule has 0 aliphatic rings. The van der Waals surface area contributed by atoms with Crippen molar-refractivity contribution in [2.45, 2.75) is 6.54 Å². The predicted octanol–water partition coefficient (Wildman–Crippen LogP) is 2.41. The number of hydrogen-bond donors (Lipinski definition) is 1. The maximum atomic E-state index is 5.87. The second-order valence-electron chi connectivity index (χ2n) is 3.38. The Morgan fingerprint density at radius 1 is 1.31 bits per heavy atom. The van der Waals surface area contributed by atoms with E-state index >= 15 is 0 Å². The van der Waals surface area contributed by atoms with E-state index in [1.54, 1.807) is 17.4 Å². The third-order valence-electron chi connectivity index (χ3n) is 2.08. The normalized spacial score (nSPS) is 10.4. The van der Waals surface area contributed by atoms with Crippen LogP contribution in [0.25, 0.3) is 0 Å². The maximum Gasteiger partial charge on any atom is 0.151 e. The van der Waals surface area contributed by atoms with Crippen LogP contribution in [0.2, 0.25) is 4.34 Å². The number of rotatable bonds is 3. The van der Waals surface area contributed by atoms with Gasteiger partial charge in [0.25, 0.3) is 0 Å². The highest BCUT2D eigenvalue weighted by Crippen LogP contribution is 2.23. The first kappa shape index (κ1) is 11.2. The summed E-state index contributed by atoms with van der Waals surface area (Å²) in [4.78, 5) is 3.18. The molecule has 4 nitrogen and oxygen atoms in total. The molecule has 0 saturated carbocycles. The van der Waals surface area contributed by atoms with Gasteiger partial charge in [-0.15, -0.1) is 21.5 Å². The average Bonchev–Trinajstić information content (AvgIpc) is 2.65. The minimum absolute atomic E-state index is 0.427. The molecular formula is C10H11ClN4S. The monoisotopic (exact) mass is 254 g/mol. The zero-order valence-electron chi connectivity index (χ0n) is 8.72. The van der Waals surface area contributed by atoms with Gasteiger partial charge in [0.05, 0.1) is 10.9 Å². The molecule has 16 heavy (non-hydrogen) atoms. The number of aromatic nitrogens is 2. The highest BCUT2D eigenvalue weighted by atomic mass is 35.5. The van der Waals surface area contributed by atoms with Gasteiger partial charge in [-0.2, -0.15) is 0 Å². The van der Waals surface area contributed by atoms with Crippen molar-refractivity contribution in [3.8, 4) is 0 Å². The fraction of sp³-hybridized carbons (Fsp3) is 0.200. The van der Waals surface area contributed by atoms with Crippen LogP contribution >= 0.6 is 22.9 Å². The van der Waals surface area contributed by atoms with Crippen molar-refractivity contribution in [3.05, 3.63) is 33.5 Å². The average molecular weight is 255 g/mol. The Balaban J connectivity index is 2.08. The maximum absolute atomic E-state index is 5.87. The van der Waals surface area contributed by atoms with Gasteiger partial charge >= 0.3 is 0 Å². The molecule has 2 rings (SSSR count). The largest absolute Gasteiger partial charge is 0.382 e. The van der Waals surface area contributed by atoms with Crippen LogP contribution in [-0.4, -0.2) is 17.2 Å². The van der Waals surface area contributed by atoms with Crippen LogP contribution in [0.5, 0.6) is 0 Å². The van der Waals surface area contributed by atoms with Gasteiger partial charge < -0.3 is 10.6 Å². The van der Waals surface area contributed by atoms with Crippen LogP contribution < -0.4 is 10.6 Å². The van der Waals surface area contributed by atoms with Crippen molar-refractivity contribution < 1.29 is 0 Å². The minimum Gasteiger partial charge on any atom is -0.382 e. The molecule has 0 aromatic carbocycles. The number of anilines is 2. The topological polar surface area (TPSA) is 55.0 Å². The molecule has 0 aliphatic heterocycles. The summed E-state index contributed by atoms with van der Waals surface area (Å²) in [6.45, 7) is 0.760. The number of nitrogens with zero attached hydrogens (tertiary/aromatic N) is 3. The molecule has 0 fully saturated rings. The lowest BCUT2D eigenvalue weighted by atomic mass is 10.4. The number of thiophene rings is 1. The summed E-state index contributed by atoms with van der Waals surface area (Å²) in [6.07, 6.45) is 0. The van der Waals surface area contributed by atoms with Crippen molar-refractivity contribution in [2.75, 3.05) is 17.7 Å². The number of nitrogens with two attached hydrogens (primary N) is 1. The van der Waals surface area contributed by atoms with E-state index < -0.39 is 0 Å². The van der Waals surface area contributed by atoms with Crippen molar-refractivity contribution in [1.82, 2.24) is 10.2 Å². The van der Waals surface area contributed by atoms with Crippen LogP contribution in [0, 0.1) is 0 Å². The molecule has 0 amide bonds. The standard InChI is InChI=1S/C10H11ClN4S/c1-15(6-7-2-3-8(11)16-7)10-5-4-9(12)13-14-10/h2-5H,6H2,1H3,(H2,12,13). The van der Waals surface area contributed by atoms with Gasteiger partial charge in [-0.05, 0) is 24.3 Å². The molecule has 0 aliphatic carbocycles. The molecular weight excluding hydrogens is 244 g/mol. The Morgan fingerprint density at radius 3 is 2.69 bits per heavy atom. The second-order valence-corrected chi connectivity index (χ2v) is 5.18. The molecule has 2 N–H and O–H groups in total. The van der Waals surface area contributed by atoms with E-state index in [1.165, 1.54) is 4.88 Å². The van der Waals surface area contributed by atoms with Gasteiger partial charge in [0.15, 0.2) is 5.82 Å². The fourth-order valence-corrected chi connectivity index (χ4v) is 2.43. The molecule has 0 atom stereocenters. The van der Waals surface area contributed by atoms with Crippen molar-refractivity contribution in [2.24, 2.45) is 0 Å². The number of hydrogen-bond acceptors (Lipinski definition) is 5. The first-order chi connectivity index (χ1) is 7.65. The quantitative estimate of drug-likeness (QED) is 0.914. The van der Waals surface area contributed by atoms with Crippen molar-refractivity contribution in [3.63, 3.8) is 0 Å². The molecule has 0 spiro atoms. The highest BCUT2D eigenvalue weighted by molar-refractivity contribution is 7.16. The zero-order valence-corrected chi connectivity index (χ0v) is 10.3. The minimum atomic E-state index is 0.427. The van der Waals surface area contributed by atoms with E-state index in [9.17, 15) is 0 Å². The summed E-state index contributed by atoms with van der Waals surface area (Å²) in [5.41, 5.74) is 5.48. The van der Waals surface area contributed by atoms with Gasteiger partial charge in [-0.3, -0.25) is 0 Å². The number of halogens is 1. The number of nitrogen functional groups attached to an aromatic ring is 1. The van der Waals surface area contributed by atoms with Crippen molar-refractivity contribution >= 4 is 34.6 Å². The van der Waals surface area contributed by atoms with E-state index in [4.69, 9.17) is 17.3 Å². The van der Waals surface area contributed by atoms with Crippen LogP contribution in [0.3, 0.4) is 0 Å². The second kappa shape index (κ2) is 4.67. The van der Waals surface area contributed by atoms with E-state index in [-0.39, 0.29) is 0 Å². The Hall–Kier alpha value is -1.33. The molecule has 84 valence electrons. The summed E-state index contributed by atoms with van der Waals surface area (Å²) in [5, 5.41) is 7.81. The summed E-state index contributed by atoms with van der Waals surface area (Å²) >= 11 is 7.43. The van der Waals surface area contributed by atoms with E-state index in [2.05, 4.69) is 10.2 Å². The molecule has 2 aromatic rings. The molecule has 0 unspecified atom stereocenters. The zero-order chi connectivity index (χ0) is 11.5. The molecule has 2 heterocycles. The molecule has 2 aromatic heterocycles. The van der Waals surface area contributed by atoms with Crippen LogP contribution in [0.1, 0.15) is 4.88 Å². The summed E-state index contributed by atoms with van der Waals surface area (Å²) in [6, 6.07) is 7.48. The molecule has 0 bridgehead atoms. The lowest BCUT2D eigenvalue weighted by Gasteiger charge is -2.16. The van der Waals surface area contributed by atoms with Crippen LogP contribution in [0.4, 0.5) is 11.6 Å². The van der Waals surface area contributed by atoms with E-state index in [0.717, 1.165) is 16.7 Å². The van der Waals surface area contributed by atoms with E-state index in [0.29, 0.717) is 5.82 Å². The lowest BCUT2D eigenvalue weighted by molar-refractivity contribution is 0.880. The third-order valence-corrected chi connectivity index (χ3v) is 3.30. The van der Waals surface area contributed by atoms with Crippen molar-refractivity contribution in [1.29, 1.82) is 0 Å². The summed E-state index contributed by atoms with van der Waals surface area (Å²) in [7, 11) is 1.95. The highest BCUT2D eigenvalue weighted by Gasteiger charge is 2.05. The van der Waals surface area contributed by atoms with Gasteiger partial charge in [0.1, 0.15) is 5.82 Å². The smallest absolute Gasteiger partial charge is 0.151 e. The fourth-order valence-electron chi connectivity index (χ4n) is 1.29. The van der Waals surface area contributed by atoms with Crippen LogP contribution in [-0.2, 0) is 6.54 Å². The van der Waals surface area contributed by atoms with Crippen LogP contribution in [0.15, 0.2) is 24.3 Å².